The smallest absolute Gasteiger partial charge is 0.360 e. The van der Waals surface area contributed by atoms with Crippen LogP contribution in [0, 0.1) is 0 Å². The predicted octanol–water partition coefficient (Wildman–Crippen LogP) is 0.188. The molecule has 0 aliphatic rings. The minimum atomic E-state index is -1.18. The lowest BCUT2D eigenvalue weighted by atomic mass is 10.5. The van der Waals surface area contributed by atoms with Crippen molar-refractivity contribution in [3.8, 4) is 0 Å². The number of carbonyl (C=O) groups is 2. The average molecular weight is 167 g/mol. The highest BCUT2D eigenvalue weighted by molar-refractivity contribution is 7.00. The van der Waals surface area contributed by atoms with Crippen molar-refractivity contribution in [1.29, 1.82) is 0 Å². The Morgan fingerprint density at radius 2 is 1.56 bits per heavy atom. The number of nitrogens with zero attached hydrogens (tertiary/aromatic N) is 2. The molecule has 0 fully saturated rings. The van der Waals surface area contributed by atoms with E-state index in [0.29, 0.717) is 0 Å². The molecular weight excluding hydrogens is 167 g/mol. The van der Waals surface area contributed by atoms with Gasteiger partial charge in [-0.1, -0.05) is 0 Å². The van der Waals surface area contributed by atoms with E-state index in [9.17, 15) is 9.59 Å². The average Bonchev–Trinajstić information content (AvgIpc) is 1.64. The van der Waals surface area contributed by atoms with Crippen molar-refractivity contribution >= 4 is 39.4 Å². The summed E-state index contributed by atoms with van der Waals surface area (Å²) >= 11 is 9.41. The van der Waals surface area contributed by atoms with Gasteiger partial charge in [0.1, 0.15) is 0 Å². The van der Waals surface area contributed by atoms with Crippen LogP contribution in [0.15, 0.2) is 0 Å². The fourth-order valence-electron chi connectivity index (χ4n) is 0.156. The monoisotopic (exact) mass is 166 g/mol. The minimum absolute atomic E-state index is 0.877. The molecule has 0 bridgehead atoms. The van der Waals surface area contributed by atoms with Crippen LogP contribution in [0.1, 0.15) is 0 Å². The minimum Gasteiger partial charge on any atom is -0.360 e. The molecule has 4 nitrogen and oxygen atoms in total. The van der Waals surface area contributed by atoms with Gasteiger partial charge in [-0.15, -0.1) is 0 Å². The van der Waals surface area contributed by atoms with Crippen LogP contribution >= 0.6 is 23.2 Å². The molecule has 0 atom stereocenters. The lowest BCUT2D eigenvalue weighted by Gasteiger charge is -1.73. The van der Waals surface area contributed by atoms with E-state index in [1.165, 1.54) is 0 Å². The van der Waals surface area contributed by atoms with E-state index in [4.69, 9.17) is 28.7 Å². The summed E-state index contributed by atoms with van der Waals surface area (Å²) in [5.74, 6) is 0. The Kier molecular flexibility index (Phi) is 3.09. The molecule has 48 valence electrons. The second-order valence-electron chi connectivity index (χ2n) is 0.996. The van der Waals surface area contributed by atoms with Gasteiger partial charge >= 0.3 is 16.2 Å². The maximum Gasteiger partial charge on any atom is 0.432 e. The van der Waals surface area contributed by atoms with E-state index >= 15 is 0 Å². The first-order valence-electron chi connectivity index (χ1n) is 1.71. The van der Waals surface area contributed by atoms with Crippen molar-refractivity contribution in [2.75, 3.05) is 0 Å². The van der Waals surface area contributed by atoms with Gasteiger partial charge in [-0.05, 0) is 23.2 Å². The fourth-order valence-corrected chi connectivity index (χ4v) is 0.451. The van der Waals surface area contributed by atoms with Crippen LogP contribution in [0.2, 0.25) is 0 Å². The second kappa shape index (κ2) is 3.35. The standard InChI is InChI=1S/C3Cl2N2O2/c4-2(8)1(7-6)3(5)9. The summed E-state index contributed by atoms with van der Waals surface area (Å²) in [4.78, 5) is 22.2. The first-order valence-corrected chi connectivity index (χ1v) is 2.47. The molecule has 0 heterocycles. The van der Waals surface area contributed by atoms with E-state index < -0.39 is 16.2 Å². The Morgan fingerprint density at radius 1 is 1.22 bits per heavy atom. The zero-order valence-electron chi connectivity index (χ0n) is 3.97. The van der Waals surface area contributed by atoms with Gasteiger partial charge in [-0.25, -0.2) is 0 Å². The molecule has 0 aromatic rings. The highest BCUT2D eigenvalue weighted by Gasteiger charge is 2.25. The quantitative estimate of drug-likeness (QED) is 0.193. The lowest BCUT2D eigenvalue weighted by molar-refractivity contribution is -0.116. The predicted molar refractivity (Wildman–Crippen MR) is 30.3 cm³/mol. The van der Waals surface area contributed by atoms with E-state index in [0.717, 1.165) is 0 Å². The first-order chi connectivity index (χ1) is 4.09. The third kappa shape index (κ3) is 2.37. The number of hydrogen-bond acceptors (Lipinski definition) is 2. The van der Waals surface area contributed by atoms with Crippen LogP contribution < -0.4 is 0 Å². The second-order valence-corrected chi connectivity index (χ2v) is 1.68. The van der Waals surface area contributed by atoms with Crippen molar-refractivity contribution in [1.82, 2.24) is 0 Å². The Balaban J connectivity index is 4.59. The summed E-state index contributed by atoms with van der Waals surface area (Å²) in [5.41, 5.74) is 6.97. The van der Waals surface area contributed by atoms with E-state index in [2.05, 4.69) is 4.79 Å². The van der Waals surface area contributed by atoms with Crippen LogP contribution in [-0.2, 0) is 9.59 Å². The Morgan fingerprint density at radius 3 is 1.56 bits per heavy atom. The molecule has 0 aliphatic carbocycles. The van der Waals surface area contributed by atoms with Crippen molar-refractivity contribution < 1.29 is 14.4 Å². The number of hydrogen-bond donors (Lipinski definition) is 0. The van der Waals surface area contributed by atoms with Crippen molar-refractivity contribution in [2.45, 2.75) is 0 Å². The van der Waals surface area contributed by atoms with Crippen LogP contribution in [0.25, 0.3) is 5.53 Å². The SMILES string of the molecule is [N-]=[N+]=C(C(=O)Cl)C(=O)Cl. The van der Waals surface area contributed by atoms with Gasteiger partial charge < -0.3 is 5.53 Å². The highest BCUT2D eigenvalue weighted by Crippen LogP contribution is 1.88. The normalized spacial score (nSPS) is 7.78. The van der Waals surface area contributed by atoms with Gasteiger partial charge in [0.2, 0.25) is 0 Å². The van der Waals surface area contributed by atoms with Crippen molar-refractivity contribution in [3.63, 3.8) is 0 Å². The van der Waals surface area contributed by atoms with Gasteiger partial charge in [-0.3, -0.25) is 9.59 Å². The number of halogens is 2. The molecule has 0 unspecified atom stereocenters. The van der Waals surface area contributed by atoms with Gasteiger partial charge in [0.25, 0.3) is 0 Å². The zero-order valence-corrected chi connectivity index (χ0v) is 5.48. The number of rotatable bonds is 2. The van der Waals surface area contributed by atoms with Gasteiger partial charge in [0.15, 0.2) is 0 Å². The molecule has 0 spiro atoms. The maximum absolute atomic E-state index is 9.99. The molecule has 6 heteroatoms. The van der Waals surface area contributed by atoms with Crippen LogP contribution in [0.3, 0.4) is 0 Å². The molecule has 0 amide bonds. The number of carbonyl (C=O) groups excluding carboxylic acids is 2. The third-order valence-corrected chi connectivity index (χ3v) is 0.830. The summed E-state index contributed by atoms with van der Waals surface area (Å²) in [6.45, 7) is 0. The largest absolute Gasteiger partial charge is 0.432 e. The molecule has 9 heavy (non-hydrogen) atoms. The van der Waals surface area contributed by atoms with E-state index in [1.807, 2.05) is 0 Å². The molecule has 0 aliphatic heterocycles. The Bertz CT molecular complexity index is 190. The van der Waals surface area contributed by atoms with Gasteiger partial charge in [0.05, 0.1) is 0 Å². The molecule has 0 aromatic carbocycles. The molecular formula is C3Cl2N2O2. The molecule has 0 saturated carbocycles. The first kappa shape index (κ1) is 8.30. The Labute approximate surface area is 60.0 Å². The van der Waals surface area contributed by atoms with Crippen LogP contribution in [0.5, 0.6) is 0 Å². The third-order valence-electron chi connectivity index (χ3n) is 0.472. The van der Waals surface area contributed by atoms with Crippen molar-refractivity contribution in [3.05, 3.63) is 5.53 Å². The topological polar surface area (TPSA) is 70.5 Å². The maximum atomic E-state index is 9.99. The van der Waals surface area contributed by atoms with Crippen molar-refractivity contribution in [2.24, 2.45) is 0 Å². The molecule has 0 saturated heterocycles. The molecule has 0 aromatic heterocycles. The lowest BCUT2D eigenvalue weighted by Crippen LogP contribution is -2.15. The summed E-state index contributed by atoms with van der Waals surface area (Å²) < 4.78 is 0. The van der Waals surface area contributed by atoms with E-state index in [-0.39, 0.29) is 0 Å². The summed E-state index contributed by atoms with van der Waals surface area (Å²) in [5, 5.41) is -2.37. The molecule has 0 rings (SSSR count). The van der Waals surface area contributed by atoms with Gasteiger partial charge in [-0.2, -0.15) is 4.79 Å². The summed E-state index contributed by atoms with van der Waals surface area (Å²) in [6, 6.07) is 0. The molecule has 0 N–H and O–H groups in total. The Hall–Kier alpha value is -0.700. The van der Waals surface area contributed by atoms with E-state index in [1.54, 1.807) is 0 Å². The van der Waals surface area contributed by atoms with Crippen LogP contribution in [-0.4, -0.2) is 21.0 Å². The fraction of sp³-hybridized carbons (Fsp3) is 0. The molecule has 0 radical (unpaired) electrons. The summed E-state index contributed by atoms with van der Waals surface area (Å²) in [6.07, 6.45) is 0. The summed E-state index contributed by atoms with van der Waals surface area (Å²) in [7, 11) is 0. The zero-order chi connectivity index (χ0) is 7.44. The highest BCUT2D eigenvalue weighted by atomic mass is 35.5. The van der Waals surface area contributed by atoms with Crippen LogP contribution in [0.4, 0.5) is 0 Å². The van der Waals surface area contributed by atoms with Gasteiger partial charge in [0, 0.05) is 0 Å².